The van der Waals surface area contributed by atoms with Crippen LogP contribution in [0.5, 0.6) is 0 Å². The zero-order chi connectivity index (χ0) is 15.8. The van der Waals surface area contributed by atoms with E-state index in [9.17, 15) is 13.2 Å². The van der Waals surface area contributed by atoms with Crippen LogP contribution in [0.25, 0.3) is 0 Å². The van der Waals surface area contributed by atoms with Crippen LogP contribution < -0.4 is 5.32 Å². The maximum atomic E-state index is 12.7. The number of pyridine rings is 1. The highest BCUT2D eigenvalue weighted by atomic mass is 35.5. The highest BCUT2D eigenvalue weighted by Gasteiger charge is 2.31. The Kier molecular flexibility index (Phi) is 4.78. The summed E-state index contributed by atoms with van der Waals surface area (Å²) in [6, 6.07) is 4.33. The first-order valence-electron chi connectivity index (χ1n) is 5.33. The van der Waals surface area contributed by atoms with Crippen LogP contribution in [0.1, 0.15) is 5.56 Å². The summed E-state index contributed by atoms with van der Waals surface area (Å²) in [4.78, 5) is 3.86. The molecule has 1 aromatic heterocycles. The summed E-state index contributed by atoms with van der Waals surface area (Å²) in [7, 11) is 0. The molecule has 2 nitrogen and oxygen atoms in total. The minimum absolute atomic E-state index is 0.0263. The molecular formula is C12H5Cl4F3N2. The van der Waals surface area contributed by atoms with Crippen molar-refractivity contribution in [1.29, 1.82) is 0 Å². The number of nitrogens with one attached hydrogen (secondary N) is 1. The molecule has 0 aliphatic rings. The van der Waals surface area contributed by atoms with E-state index < -0.39 is 11.7 Å². The van der Waals surface area contributed by atoms with Crippen LogP contribution in [0, 0.1) is 0 Å². The minimum Gasteiger partial charge on any atom is -0.339 e. The van der Waals surface area contributed by atoms with Gasteiger partial charge in [-0.25, -0.2) is 4.98 Å². The van der Waals surface area contributed by atoms with Gasteiger partial charge in [0.2, 0.25) is 0 Å². The first-order chi connectivity index (χ1) is 9.66. The number of anilines is 2. The Labute approximate surface area is 137 Å². The van der Waals surface area contributed by atoms with E-state index >= 15 is 0 Å². The van der Waals surface area contributed by atoms with Gasteiger partial charge < -0.3 is 5.32 Å². The summed E-state index contributed by atoms with van der Waals surface area (Å²) in [6.45, 7) is 0. The number of rotatable bonds is 2. The molecule has 1 heterocycles. The normalized spacial score (nSPS) is 11.6. The Morgan fingerprint density at radius 2 is 1.57 bits per heavy atom. The van der Waals surface area contributed by atoms with E-state index in [1.807, 2.05) is 0 Å². The monoisotopic (exact) mass is 374 g/mol. The van der Waals surface area contributed by atoms with Gasteiger partial charge in [-0.1, -0.05) is 46.4 Å². The second-order valence-electron chi connectivity index (χ2n) is 3.94. The van der Waals surface area contributed by atoms with Crippen molar-refractivity contribution in [3.63, 3.8) is 0 Å². The third-order valence-electron chi connectivity index (χ3n) is 2.37. The summed E-state index contributed by atoms with van der Waals surface area (Å²) >= 11 is 23.0. The van der Waals surface area contributed by atoms with Crippen molar-refractivity contribution in [1.82, 2.24) is 4.98 Å². The Balaban J connectivity index is 2.40. The molecule has 1 aromatic carbocycles. The second-order valence-corrected chi connectivity index (χ2v) is 5.55. The summed E-state index contributed by atoms with van der Waals surface area (Å²) in [5, 5.41) is 2.76. The molecule has 2 aromatic rings. The Hall–Kier alpha value is -0.880. The summed E-state index contributed by atoms with van der Waals surface area (Å²) in [6.07, 6.45) is -4.52. The molecule has 0 saturated heterocycles. The minimum atomic E-state index is -4.52. The number of nitrogens with zero attached hydrogens (tertiary/aromatic N) is 1. The van der Waals surface area contributed by atoms with E-state index in [0.717, 1.165) is 12.1 Å². The van der Waals surface area contributed by atoms with Crippen molar-refractivity contribution in [3.05, 3.63) is 50.0 Å². The fourth-order valence-electron chi connectivity index (χ4n) is 1.49. The lowest BCUT2D eigenvalue weighted by Gasteiger charge is -2.12. The van der Waals surface area contributed by atoms with Crippen molar-refractivity contribution >= 4 is 57.9 Å². The maximum absolute atomic E-state index is 12.7. The molecule has 0 radical (unpaired) electrons. The number of alkyl halides is 3. The number of hydrogen-bond acceptors (Lipinski definition) is 2. The number of aromatic nitrogens is 1. The molecular weight excluding hydrogens is 371 g/mol. The lowest BCUT2D eigenvalue weighted by atomic mass is 10.2. The quantitative estimate of drug-likeness (QED) is 0.609. The third-order valence-corrected chi connectivity index (χ3v) is 3.55. The first-order valence-corrected chi connectivity index (χ1v) is 6.84. The molecule has 0 aliphatic heterocycles. The number of hydrogen-bond donors (Lipinski definition) is 1. The molecule has 0 bridgehead atoms. The van der Waals surface area contributed by atoms with Gasteiger partial charge in [-0.3, -0.25) is 0 Å². The van der Waals surface area contributed by atoms with Gasteiger partial charge in [0.1, 0.15) is 5.15 Å². The van der Waals surface area contributed by atoms with Gasteiger partial charge in [-0.15, -0.1) is 0 Å². The molecule has 0 aliphatic carbocycles. The third kappa shape index (κ3) is 4.07. The van der Waals surface area contributed by atoms with Crippen molar-refractivity contribution in [2.24, 2.45) is 0 Å². The maximum Gasteiger partial charge on any atom is 0.416 e. The topological polar surface area (TPSA) is 24.9 Å². The van der Waals surface area contributed by atoms with Gasteiger partial charge in [0.15, 0.2) is 5.82 Å². The van der Waals surface area contributed by atoms with Gasteiger partial charge in [0, 0.05) is 10.7 Å². The molecule has 0 atom stereocenters. The standard InChI is InChI=1S/C12H5Cl4F3N2/c13-6-1-5(12(17,18)19)2-7(3-6)20-11-9(15)4-8(14)10(16)21-11/h1-4H,(H,20,21). The van der Waals surface area contributed by atoms with Crippen LogP contribution in [0.3, 0.4) is 0 Å². The fourth-order valence-corrected chi connectivity index (χ4v) is 2.27. The lowest BCUT2D eigenvalue weighted by Crippen LogP contribution is -2.06. The van der Waals surface area contributed by atoms with E-state index in [0.29, 0.717) is 0 Å². The van der Waals surface area contributed by atoms with Crippen molar-refractivity contribution in [3.8, 4) is 0 Å². The van der Waals surface area contributed by atoms with Gasteiger partial charge in [0.05, 0.1) is 15.6 Å². The van der Waals surface area contributed by atoms with E-state index in [2.05, 4.69) is 10.3 Å². The Morgan fingerprint density at radius 3 is 2.19 bits per heavy atom. The lowest BCUT2D eigenvalue weighted by molar-refractivity contribution is -0.137. The molecule has 2 rings (SSSR count). The van der Waals surface area contributed by atoms with Crippen LogP contribution in [0.4, 0.5) is 24.7 Å². The molecule has 21 heavy (non-hydrogen) atoms. The predicted molar refractivity (Wildman–Crippen MR) is 79.0 cm³/mol. The predicted octanol–water partition coefficient (Wildman–Crippen LogP) is 6.46. The molecule has 112 valence electrons. The summed E-state index contributed by atoms with van der Waals surface area (Å²) in [5.41, 5.74) is -0.823. The van der Waals surface area contributed by atoms with E-state index in [1.54, 1.807) is 0 Å². The van der Waals surface area contributed by atoms with Crippen molar-refractivity contribution in [2.75, 3.05) is 5.32 Å². The highest BCUT2D eigenvalue weighted by Crippen LogP contribution is 2.35. The molecule has 0 unspecified atom stereocenters. The Bertz CT molecular complexity index is 689. The second kappa shape index (κ2) is 6.08. The van der Waals surface area contributed by atoms with Crippen LogP contribution >= 0.6 is 46.4 Å². The van der Waals surface area contributed by atoms with Gasteiger partial charge in [-0.2, -0.15) is 13.2 Å². The smallest absolute Gasteiger partial charge is 0.339 e. The molecule has 9 heteroatoms. The molecule has 0 saturated carbocycles. The van der Waals surface area contributed by atoms with Crippen LogP contribution in [0.15, 0.2) is 24.3 Å². The zero-order valence-corrected chi connectivity index (χ0v) is 12.9. The summed E-state index contributed by atoms with van der Waals surface area (Å²) < 4.78 is 38.1. The highest BCUT2D eigenvalue weighted by molar-refractivity contribution is 6.43. The summed E-state index contributed by atoms with van der Waals surface area (Å²) in [5.74, 6) is 0.0708. The fraction of sp³-hybridized carbons (Fsp3) is 0.0833. The van der Waals surface area contributed by atoms with Crippen molar-refractivity contribution in [2.45, 2.75) is 6.18 Å². The average molecular weight is 376 g/mol. The van der Waals surface area contributed by atoms with Gasteiger partial charge in [0.25, 0.3) is 0 Å². The van der Waals surface area contributed by atoms with Crippen LogP contribution in [0.2, 0.25) is 20.2 Å². The molecule has 0 amide bonds. The van der Waals surface area contributed by atoms with E-state index in [1.165, 1.54) is 12.1 Å². The molecule has 1 N–H and O–H groups in total. The van der Waals surface area contributed by atoms with Gasteiger partial charge in [-0.05, 0) is 24.3 Å². The van der Waals surface area contributed by atoms with E-state index in [-0.39, 0.29) is 31.7 Å². The van der Waals surface area contributed by atoms with Crippen molar-refractivity contribution < 1.29 is 13.2 Å². The van der Waals surface area contributed by atoms with E-state index in [4.69, 9.17) is 46.4 Å². The number of halogens is 7. The largest absolute Gasteiger partial charge is 0.416 e. The zero-order valence-electron chi connectivity index (χ0n) is 9.90. The Morgan fingerprint density at radius 1 is 0.905 bits per heavy atom. The SMILES string of the molecule is FC(F)(F)c1cc(Cl)cc(Nc2nc(Cl)c(Cl)cc2Cl)c1. The average Bonchev–Trinajstić information content (AvgIpc) is 2.34. The van der Waals surface area contributed by atoms with Crippen LogP contribution in [-0.2, 0) is 6.18 Å². The first kappa shape index (κ1) is 16.5. The molecule has 0 spiro atoms. The van der Waals surface area contributed by atoms with Gasteiger partial charge >= 0.3 is 6.18 Å². The van der Waals surface area contributed by atoms with Crippen LogP contribution in [-0.4, -0.2) is 4.98 Å². The molecule has 0 fully saturated rings. The number of benzene rings is 1.